The minimum absolute atomic E-state index is 1.14. The molecule has 7 nitrogen and oxygen atoms in total. The molecule has 2 heterocycles. The van der Waals surface area contributed by atoms with E-state index in [-0.39, 0.29) is 0 Å². The molecule has 0 radical (unpaired) electrons. The summed E-state index contributed by atoms with van der Waals surface area (Å²) >= 11 is 0. The second-order valence-electron chi connectivity index (χ2n) is 2.97. The first-order chi connectivity index (χ1) is 8.00. The van der Waals surface area contributed by atoms with Crippen molar-refractivity contribution in [3.63, 3.8) is 0 Å². The number of rotatable bonds is 0. The molecule has 1 aliphatic rings. The van der Waals surface area contributed by atoms with Gasteiger partial charge in [-0.15, -0.1) is 0 Å². The van der Waals surface area contributed by atoms with Gasteiger partial charge < -0.3 is 10.6 Å². The van der Waals surface area contributed by atoms with Crippen LogP contribution in [0.1, 0.15) is 0 Å². The monoisotopic (exact) mass is 263 g/mol. The lowest BCUT2D eigenvalue weighted by Crippen LogP contribution is -2.39. The van der Waals surface area contributed by atoms with Gasteiger partial charge in [-0.1, -0.05) is 6.07 Å². The van der Waals surface area contributed by atoms with Crippen LogP contribution in [0.5, 0.6) is 0 Å². The molecule has 98 valence electrons. The van der Waals surface area contributed by atoms with Gasteiger partial charge in [-0.25, -0.2) is 0 Å². The SMILES string of the molecule is C1CNCCN1.O=S(=O)(O)O.c1ccncc1. The fourth-order valence-electron chi connectivity index (χ4n) is 0.916. The Morgan fingerprint density at radius 3 is 1.35 bits per heavy atom. The molecular formula is C9H17N3O4S. The van der Waals surface area contributed by atoms with Crippen LogP contribution in [-0.2, 0) is 10.4 Å². The average Bonchev–Trinajstić information content (AvgIpc) is 2.32. The zero-order chi connectivity index (χ0) is 13.0. The largest absolute Gasteiger partial charge is 0.394 e. The Bertz CT molecular complexity index is 308. The van der Waals surface area contributed by atoms with Gasteiger partial charge in [0.05, 0.1) is 0 Å². The molecular weight excluding hydrogens is 246 g/mol. The first-order valence-electron chi connectivity index (χ1n) is 4.96. The van der Waals surface area contributed by atoms with E-state index in [1.807, 2.05) is 18.2 Å². The molecule has 0 bridgehead atoms. The van der Waals surface area contributed by atoms with Gasteiger partial charge in [0.15, 0.2) is 0 Å². The van der Waals surface area contributed by atoms with E-state index in [2.05, 4.69) is 15.6 Å². The van der Waals surface area contributed by atoms with Gasteiger partial charge in [0, 0.05) is 38.6 Å². The predicted molar refractivity (Wildman–Crippen MR) is 64.2 cm³/mol. The molecule has 1 aromatic rings. The topological polar surface area (TPSA) is 112 Å². The third-order valence-electron chi connectivity index (χ3n) is 1.52. The van der Waals surface area contributed by atoms with Gasteiger partial charge >= 0.3 is 10.4 Å². The number of hydrogen-bond donors (Lipinski definition) is 4. The van der Waals surface area contributed by atoms with Gasteiger partial charge in [-0.05, 0) is 12.1 Å². The molecule has 0 unspecified atom stereocenters. The van der Waals surface area contributed by atoms with E-state index in [9.17, 15) is 0 Å². The number of nitrogens with zero attached hydrogens (tertiary/aromatic N) is 1. The Morgan fingerprint density at radius 1 is 0.882 bits per heavy atom. The zero-order valence-corrected chi connectivity index (χ0v) is 10.1. The van der Waals surface area contributed by atoms with Gasteiger partial charge in [0.1, 0.15) is 0 Å². The van der Waals surface area contributed by atoms with Crippen LogP contribution in [-0.4, -0.2) is 48.7 Å². The molecule has 2 rings (SSSR count). The van der Waals surface area contributed by atoms with Gasteiger partial charge in [-0.2, -0.15) is 8.42 Å². The maximum absolute atomic E-state index is 8.74. The summed E-state index contributed by atoms with van der Waals surface area (Å²) in [7, 11) is -4.67. The summed E-state index contributed by atoms with van der Waals surface area (Å²) in [6.45, 7) is 4.56. The van der Waals surface area contributed by atoms with Crippen LogP contribution in [0.2, 0.25) is 0 Å². The number of hydrogen-bond acceptors (Lipinski definition) is 5. The van der Waals surface area contributed by atoms with Gasteiger partial charge in [-0.3, -0.25) is 14.1 Å². The molecule has 4 N–H and O–H groups in total. The highest BCUT2D eigenvalue weighted by Gasteiger charge is 1.91. The summed E-state index contributed by atoms with van der Waals surface area (Å²) in [4.78, 5) is 3.78. The summed E-state index contributed by atoms with van der Waals surface area (Å²) in [5.41, 5.74) is 0. The number of pyridine rings is 1. The fourth-order valence-corrected chi connectivity index (χ4v) is 0.916. The Morgan fingerprint density at radius 2 is 1.24 bits per heavy atom. The molecule has 1 aromatic heterocycles. The first-order valence-corrected chi connectivity index (χ1v) is 6.36. The van der Waals surface area contributed by atoms with E-state index < -0.39 is 10.4 Å². The smallest absolute Gasteiger partial charge is 0.314 e. The summed E-state index contributed by atoms with van der Waals surface area (Å²) in [6, 6.07) is 5.72. The normalized spacial score (nSPS) is 14.7. The Labute approximate surface area is 101 Å². The molecule has 0 saturated carbocycles. The highest BCUT2D eigenvalue weighted by Crippen LogP contribution is 1.73. The van der Waals surface area contributed by atoms with E-state index in [0.717, 1.165) is 26.2 Å². The minimum Gasteiger partial charge on any atom is -0.314 e. The van der Waals surface area contributed by atoms with E-state index in [1.165, 1.54) is 0 Å². The van der Waals surface area contributed by atoms with Gasteiger partial charge in [0.2, 0.25) is 0 Å². The van der Waals surface area contributed by atoms with Crippen LogP contribution in [0, 0.1) is 0 Å². The predicted octanol–water partition coefficient (Wildman–Crippen LogP) is -0.392. The Kier molecular flexibility index (Phi) is 9.49. The Hall–Kier alpha value is -1.06. The minimum atomic E-state index is -4.67. The molecule has 0 atom stereocenters. The molecule has 1 aliphatic heterocycles. The quantitative estimate of drug-likeness (QED) is 0.471. The fraction of sp³-hybridized carbons (Fsp3) is 0.444. The average molecular weight is 263 g/mol. The number of piperazine rings is 1. The van der Waals surface area contributed by atoms with Crippen molar-refractivity contribution in [2.24, 2.45) is 0 Å². The summed E-state index contributed by atoms with van der Waals surface area (Å²) in [5, 5.41) is 6.44. The van der Waals surface area contributed by atoms with Gasteiger partial charge in [0.25, 0.3) is 0 Å². The third kappa shape index (κ3) is 20.9. The van der Waals surface area contributed by atoms with Crippen molar-refractivity contribution >= 4 is 10.4 Å². The van der Waals surface area contributed by atoms with E-state index in [0.29, 0.717) is 0 Å². The number of nitrogens with one attached hydrogen (secondary N) is 2. The Balaban J connectivity index is 0.000000228. The second-order valence-corrected chi connectivity index (χ2v) is 3.87. The van der Waals surface area contributed by atoms with Crippen molar-refractivity contribution in [2.75, 3.05) is 26.2 Å². The molecule has 17 heavy (non-hydrogen) atoms. The van der Waals surface area contributed by atoms with Crippen molar-refractivity contribution in [1.82, 2.24) is 15.6 Å². The number of aromatic nitrogens is 1. The van der Waals surface area contributed by atoms with Crippen LogP contribution in [0.25, 0.3) is 0 Å². The maximum atomic E-state index is 8.74. The lowest BCUT2D eigenvalue weighted by atomic mass is 10.4. The lowest BCUT2D eigenvalue weighted by Gasteiger charge is -2.11. The molecule has 8 heteroatoms. The molecule has 0 amide bonds. The molecule has 0 aromatic carbocycles. The van der Waals surface area contributed by atoms with Crippen molar-refractivity contribution in [2.45, 2.75) is 0 Å². The molecule has 1 saturated heterocycles. The van der Waals surface area contributed by atoms with Crippen molar-refractivity contribution in [3.8, 4) is 0 Å². The van der Waals surface area contributed by atoms with E-state index >= 15 is 0 Å². The summed E-state index contributed by atoms with van der Waals surface area (Å²) in [5.74, 6) is 0. The third-order valence-corrected chi connectivity index (χ3v) is 1.52. The molecule has 1 fully saturated rings. The highest BCUT2D eigenvalue weighted by atomic mass is 32.3. The van der Waals surface area contributed by atoms with E-state index in [4.69, 9.17) is 17.5 Å². The van der Waals surface area contributed by atoms with Crippen LogP contribution in [0.4, 0.5) is 0 Å². The molecule has 0 aliphatic carbocycles. The second kappa shape index (κ2) is 10.1. The van der Waals surface area contributed by atoms with Crippen LogP contribution in [0.3, 0.4) is 0 Å². The summed E-state index contributed by atoms with van der Waals surface area (Å²) in [6.07, 6.45) is 3.50. The van der Waals surface area contributed by atoms with E-state index in [1.54, 1.807) is 12.4 Å². The summed E-state index contributed by atoms with van der Waals surface area (Å²) < 4.78 is 31.6. The zero-order valence-electron chi connectivity index (χ0n) is 9.28. The first kappa shape index (κ1) is 15.9. The maximum Gasteiger partial charge on any atom is 0.394 e. The van der Waals surface area contributed by atoms with Crippen molar-refractivity contribution in [3.05, 3.63) is 30.6 Å². The van der Waals surface area contributed by atoms with Crippen LogP contribution in [0.15, 0.2) is 30.6 Å². The highest BCUT2D eigenvalue weighted by molar-refractivity contribution is 7.79. The van der Waals surface area contributed by atoms with Crippen LogP contribution < -0.4 is 10.6 Å². The molecule has 0 spiro atoms. The van der Waals surface area contributed by atoms with Crippen molar-refractivity contribution in [1.29, 1.82) is 0 Å². The van der Waals surface area contributed by atoms with Crippen molar-refractivity contribution < 1.29 is 17.5 Å². The standard InChI is InChI=1S/C5H5N.C4H10N2.H2O4S/c1-2-4-6-5-3-1;1-2-6-4-3-5-1;1-5(2,3)4/h1-5H;5-6H,1-4H2;(H2,1,2,3,4). The van der Waals surface area contributed by atoms with Crippen LogP contribution >= 0.6 is 0 Å². The lowest BCUT2D eigenvalue weighted by molar-refractivity contribution is 0.381.